The Morgan fingerprint density at radius 2 is 1.71 bits per heavy atom. The van der Waals surface area contributed by atoms with Crippen molar-refractivity contribution in [2.24, 2.45) is 0 Å². The second-order valence-electron chi connectivity index (χ2n) is 10.6. The molecule has 0 atom stereocenters. The average molecular weight is 559 g/mol. The lowest BCUT2D eigenvalue weighted by Crippen LogP contribution is -2.14. The van der Waals surface area contributed by atoms with Crippen LogP contribution in [0.2, 0.25) is 0 Å². The maximum absolute atomic E-state index is 12.9. The number of carbonyl (C=O) groups is 2. The van der Waals surface area contributed by atoms with Gasteiger partial charge in [0.25, 0.3) is 5.91 Å². The molecule has 0 aliphatic carbocycles. The molecule has 3 aromatic carbocycles. The highest BCUT2D eigenvalue weighted by Gasteiger charge is 2.15. The third-order valence-corrected chi connectivity index (χ3v) is 6.85. The van der Waals surface area contributed by atoms with Crippen molar-refractivity contribution in [2.75, 3.05) is 31.3 Å². The van der Waals surface area contributed by atoms with E-state index < -0.39 is 0 Å². The van der Waals surface area contributed by atoms with Crippen molar-refractivity contribution in [3.05, 3.63) is 119 Å². The normalized spacial score (nSPS) is 11.4. The van der Waals surface area contributed by atoms with Crippen molar-refractivity contribution in [2.45, 2.75) is 20.3 Å². The molecule has 5 aromatic rings. The van der Waals surface area contributed by atoms with Gasteiger partial charge in [-0.05, 0) is 81.5 Å². The number of aromatic nitrogens is 3. The van der Waals surface area contributed by atoms with Crippen LogP contribution in [0.25, 0.3) is 22.2 Å². The Labute approximate surface area is 245 Å². The molecule has 2 aromatic heterocycles. The number of anilines is 2. The number of carbonyl (C=O) groups excluding carboxylic acids is 2. The molecular formula is C34H34N6O2. The van der Waals surface area contributed by atoms with E-state index in [1.807, 2.05) is 68.5 Å². The van der Waals surface area contributed by atoms with E-state index in [4.69, 9.17) is 4.98 Å². The summed E-state index contributed by atoms with van der Waals surface area (Å²) in [6, 6.07) is 22.7. The Morgan fingerprint density at radius 3 is 2.50 bits per heavy atom. The molecule has 0 aliphatic rings. The van der Waals surface area contributed by atoms with Gasteiger partial charge in [-0.2, -0.15) is 0 Å². The van der Waals surface area contributed by atoms with Crippen LogP contribution in [0.4, 0.5) is 11.4 Å². The van der Waals surface area contributed by atoms with Gasteiger partial charge in [0.2, 0.25) is 5.91 Å². The molecule has 0 bridgehead atoms. The van der Waals surface area contributed by atoms with Gasteiger partial charge in [0, 0.05) is 64.3 Å². The van der Waals surface area contributed by atoms with Crippen molar-refractivity contribution < 1.29 is 9.59 Å². The molecule has 0 fully saturated rings. The summed E-state index contributed by atoms with van der Waals surface area (Å²) in [6.45, 7) is 4.77. The fourth-order valence-electron chi connectivity index (χ4n) is 4.80. The number of amides is 2. The summed E-state index contributed by atoms with van der Waals surface area (Å²) in [5, 5.41) is 6.91. The zero-order valence-corrected chi connectivity index (χ0v) is 24.2. The number of hydrogen-bond donors (Lipinski definition) is 3. The van der Waals surface area contributed by atoms with Crippen molar-refractivity contribution >= 4 is 34.1 Å². The molecule has 0 aliphatic heterocycles. The van der Waals surface area contributed by atoms with Gasteiger partial charge >= 0.3 is 0 Å². The molecular weight excluding hydrogens is 524 g/mol. The topological polar surface area (TPSA) is 103 Å². The van der Waals surface area contributed by atoms with Crippen LogP contribution in [0.15, 0.2) is 91.1 Å². The molecule has 0 spiro atoms. The number of aromatic amines is 1. The number of nitrogens with one attached hydrogen (secondary N) is 3. The lowest BCUT2D eigenvalue weighted by atomic mass is 10.0. The zero-order chi connectivity index (χ0) is 29.6. The second-order valence-corrected chi connectivity index (χ2v) is 10.6. The fraction of sp³-hybridized carbons (Fsp3) is 0.176. The van der Waals surface area contributed by atoms with Gasteiger partial charge in [-0.25, -0.2) is 9.97 Å². The molecule has 0 saturated carbocycles. The fourth-order valence-corrected chi connectivity index (χ4v) is 4.80. The number of fused-ring (bicyclic) bond motifs is 1. The quantitative estimate of drug-likeness (QED) is 0.189. The van der Waals surface area contributed by atoms with Gasteiger partial charge < -0.3 is 20.5 Å². The van der Waals surface area contributed by atoms with E-state index in [0.29, 0.717) is 35.7 Å². The van der Waals surface area contributed by atoms with E-state index in [0.717, 1.165) is 39.0 Å². The molecule has 3 N–H and O–H groups in total. The van der Waals surface area contributed by atoms with Crippen LogP contribution >= 0.6 is 0 Å². The Balaban J connectivity index is 1.26. The number of benzene rings is 3. The molecule has 8 heteroatoms. The van der Waals surface area contributed by atoms with E-state index in [9.17, 15) is 9.59 Å². The maximum Gasteiger partial charge on any atom is 0.255 e. The molecule has 0 unspecified atom stereocenters. The van der Waals surface area contributed by atoms with Gasteiger partial charge in [-0.15, -0.1) is 0 Å². The Bertz CT molecular complexity index is 1770. The molecule has 0 saturated heterocycles. The molecule has 0 radical (unpaired) electrons. The lowest BCUT2D eigenvalue weighted by Gasteiger charge is -2.10. The monoisotopic (exact) mass is 558 g/mol. The molecule has 8 nitrogen and oxygen atoms in total. The summed E-state index contributed by atoms with van der Waals surface area (Å²) in [5.41, 5.74) is 7.96. The number of rotatable bonds is 9. The summed E-state index contributed by atoms with van der Waals surface area (Å²) < 4.78 is 0. The van der Waals surface area contributed by atoms with Crippen molar-refractivity contribution in [3.63, 3.8) is 0 Å². The third kappa shape index (κ3) is 6.79. The highest BCUT2D eigenvalue weighted by Crippen LogP contribution is 2.32. The van der Waals surface area contributed by atoms with Crippen LogP contribution in [0.3, 0.4) is 0 Å². The van der Waals surface area contributed by atoms with Crippen LogP contribution in [-0.2, 0) is 11.2 Å². The average Bonchev–Trinajstić information content (AvgIpc) is 3.30. The number of likely N-dealkylation sites (N-methyl/N-ethyl adjacent to an activating group) is 1. The lowest BCUT2D eigenvalue weighted by molar-refractivity contribution is -0.111. The van der Waals surface area contributed by atoms with Gasteiger partial charge in [-0.1, -0.05) is 36.4 Å². The predicted octanol–water partition coefficient (Wildman–Crippen LogP) is 6.14. The second kappa shape index (κ2) is 12.6. The first-order valence-electron chi connectivity index (χ1n) is 13.8. The van der Waals surface area contributed by atoms with E-state index in [1.54, 1.807) is 30.3 Å². The summed E-state index contributed by atoms with van der Waals surface area (Å²) in [4.78, 5) is 40.0. The zero-order valence-electron chi connectivity index (χ0n) is 24.2. The van der Waals surface area contributed by atoms with Crippen LogP contribution in [0, 0.1) is 13.8 Å². The third-order valence-electron chi connectivity index (χ3n) is 6.85. The van der Waals surface area contributed by atoms with Gasteiger partial charge in [0.05, 0.1) is 5.69 Å². The number of hydrogen-bond acceptors (Lipinski definition) is 5. The van der Waals surface area contributed by atoms with Crippen molar-refractivity contribution in [1.29, 1.82) is 0 Å². The van der Waals surface area contributed by atoms with Crippen LogP contribution in [-0.4, -0.2) is 52.3 Å². The highest BCUT2D eigenvalue weighted by molar-refractivity contribution is 6.05. The maximum atomic E-state index is 12.9. The van der Waals surface area contributed by atoms with Crippen LogP contribution in [0.5, 0.6) is 0 Å². The summed E-state index contributed by atoms with van der Waals surface area (Å²) in [5.74, 6) is 0.254. The minimum absolute atomic E-state index is 0.216. The number of H-pyrrole nitrogens is 1. The first kappa shape index (κ1) is 28.4. The van der Waals surface area contributed by atoms with Gasteiger partial charge in [-0.3, -0.25) is 9.59 Å². The Hall–Kier alpha value is -5.08. The highest BCUT2D eigenvalue weighted by atomic mass is 16.2. The first-order chi connectivity index (χ1) is 20.3. The molecule has 212 valence electrons. The van der Waals surface area contributed by atoms with E-state index in [-0.39, 0.29) is 11.8 Å². The Kier molecular flexibility index (Phi) is 8.55. The molecule has 5 rings (SSSR count). The van der Waals surface area contributed by atoms with E-state index in [2.05, 4.69) is 39.7 Å². The minimum Gasteiger partial charge on any atom is -0.358 e. The van der Waals surface area contributed by atoms with Crippen molar-refractivity contribution in [3.8, 4) is 11.3 Å². The molecule has 2 heterocycles. The molecule has 2 amide bonds. The van der Waals surface area contributed by atoms with Crippen molar-refractivity contribution in [1.82, 2.24) is 19.9 Å². The van der Waals surface area contributed by atoms with Gasteiger partial charge in [0.1, 0.15) is 5.82 Å². The summed E-state index contributed by atoms with van der Waals surface area (Å²) in [6.07, 6.45) is 5.69. The van der Waals surface area contributed by atoms with E-state index >= 15 is 0 Å². The van der Waals surface area contributed by atoms with Gasteiger partial charge in [0.15, 0.2) is 0 Å². The number of para-hydroxylation sites is 1. The standard InChI is InChI=1S/C34H34N6O2/c1-22-21-35-30(39-33(22)32-23(2)36-29-12-6-5-11-28(29)32)20-24-9-7-10-27(19-24)38-34(42)25-14-16-26(17-15-25)37-31(41)13-8-18-40(3)4/h5-17,19,21,36H,18,20H2,1-4H3,(H,37,41)(H,38,42)/b13-8+. The van der Waals surface area contributed by atoms with Crippen LogP contribution in [0.1, 0.15) is 33.0 Å². The molecule has 42 heavy (non-hydrogen) atoms. The summed E-state index contributed by atoms with van der Waals surface area (Å²) >= 11 is 0. The summed E-state index contributed by atoms with van der Waals surface area (Å²) in [7, 11) is 3.87. The smallest absolute Gasteiger partial charge is 0.255 e. The first-order valence-corrected chi connectivity index (χ1v) is 13.8. The van der Waals surface area contributed by atoms with Crippen LogP contribution < -0.4 is 10.6 Å². The number of aryl methyl sites for hydroxylation is 2. The Morgan fingerprint density at radius 1 is 0.929 bits per heavy atom. The SMILES string of the molecule is Cc1cnc(Cc2cccc(NC(=O)c3ccc(NC(=O)/C=C/CN(C)C)cc3)c2)nc1-c1c(C)[nH]c2ccccc12. The largest absolute Gasteiger partial charge is 0.358 e. The van der Waals surface area contributed by atoms with E-state index in [1.165, 1.54) is 6.08 Å². The minimum atomic E-state index is -0.236. The number of nitrogens with zero attached hydrogens (tertiary/aromatic N) is 3. The predicted molar refractivity (Wildman–Crippen MR) is 169 cm³/mol.